The number of para-hydroxylation sites is 2. The predicted octanol–water partition coefficient (Wildman–Crippen LogP) is 12.0. The summed E-state index contributed by atoms with van der Waals surface area (Å²) >= 11 is 0. The first-order valence-corrected chi connectivity index (χ1v) is 16.6. The summed E-state index contributed by atoms with van der Waals surface area (Å²) in [6.07, 6.45) is 3.63. The van der Waals surface area contributed by atoms with Gasteiger partial charge in [0.25, 0.3) is 0 Å². The Balaban J connectivity index is 1.23. The normalized spacial score (nSPS) is 11.6. The maximum Gasteiger partial charge on any atom is 0.160 e. The van der Waals surface area contributed by atoms with Gasteiger partial charge in [-0.2, -0.15) is 0 Å². The fraction of sp³-hybridized carbons (Fsp3) is 0. The molecular formula is C45H27N3O2. The van der Waals surface area contributed by atoms with Crippen LogP contribution in [-0.2, 0) is 0 Å². The standard InChI is InChI=1S/C45H27N3O2/c1-2-10-29(11-3-1)45-47-37(31-13-8-12-30(26-31)28-22-24-46-25-23-28)27-38(48-45)34-21-20-33(44-43(34)36-15-5-7-18-40(36)50-44)32-16-9-19-41-42(32)35-14-4-6-17-39(35)49-41/h1-27H. The highest BCUT2D eigenvalue weighted by atomic mass is 16.3. The fourth-order valence-corrected chi connectivity index (χ4v) is 7.10. The molecule has 0 radical (unpaired) electrons. The third kappa shape index (κ3) is 4.60. The van der Waals surface area contributed by atoms with Gasteiger partial charge >= 0.3 is 0 Å². The summed E-state index contributed by atoms with van der Waals surface area (Å²) in [4.78, 5) is 14.6. The van der Waals surface area contributed by atoms with Crippen LogP contribution < -0.4 is 0 Å². The molecule has 0 saturated heterocycles. The Morgan fingerprint density at radius 2 is 1.02 bits per heavy atom. The van der Waals surface area contributed by atoms with E-state index in [1.165, 1.54) is 0 Å². The van der Waals surface area contributed by atoms with Crippen LogP contribution in [0.5, 0.6) is 0 Å². The lowest BCUT2D eigenvalue weighted by atomic mass is 9.94. The van der Waals surface area contributed by atoms with Crippen molar-refractivity contribution in [3.63, 3.8) is 0 Å². The third-order valence-corrected chi connectivity index (χ3v) is 9.42. The quantitative estimate of drug-likeness (QED) is 0.187. The summed E-state index contributed by atoms with van der Waals surface area (Å²) in [5.41, 5.74) is 12.2. The van der Waals surface area contributed by atoms with E-state index in [9.17, 15) is 0 Å². The zero-order valence-corrected chi connectivity index (χ0v) is 26.7. The summed E-state index contributed by atoms with van der Waals surface area (Å²) in [6.45, 7) is 0. The van der Waals surface area contributed by atoms with Crippen LogP contribution in [0.4, 0.5) is 0 Å². The van der Waals surface area contributed by atoms with Crippen molar-refractivity contribution in [3.05, 3.63) is 164 Å². The van der Waals surface area contributed by atoms with Crippen LogP contribution in [0.1, 0.15) is 0 Å². The second kappa shape index (κ2) is 11.4. The number of benzene rings is 6. The Kier molecular flexibility index (Phi) is 6.42. The molecule has 0 atom stereocenters. The lowest BCUT2D eigenvalue weighted by Gasteiger charge is -2.12. The van der Waals surface area contributed by atoms with E-state index in [-0.39, 0.29) is 0 Å². The summed E-state index contributed by atoms with van der Waals surface area (Å²) in [5.74, 6) is 0.659. The first-order valence-electron chi connectivity index (χ1n) is 16.6. The molecule has 234 valence electrons. The van der Waals surface area contributed by atoms with Gasteiger partial charge in [-0.15, -0.1) is 0 Å². The number of furan rings is 2. The molecule has 0 aliphatic rings. The van der Waals surface area contributed by atoms with E-state index < -0.39 is 0 Å². The Bertz CT molecular complexity index is 2870. The molecule has 5 heteroatoms. The van der Waals surface area contributed by atoms with Crippen LogP contribution in [0.25, 0.3) is 100 Å². The van der Waals surface area contributed by atoms with Crippen LogP contribution >= 0.6 is 0 Å². The van der Waals surface area contributed by atoms with Gasteiger partial charge in [0.15, 0.2) is 5.82 Å². The minimum absolute atomic E-state index is 0.659. The molecule has 50 heavy (non-hydrogen) atoms. The molecule has 0 saturated carbocycles. The van der Waals surface area contributed by atoms with Gasteiger partial charge in [0.2, 0.25) is 0 Å². The van der Waals surface area contributed by atoms with Gasteiger partial charge in [-0.05, 0) is 65.2 Å². The van der Waals surface area contributed by atoms with Crippen molar-refractivity contribution in [1.29, 1.82) is 0 Å². The van der Waals surface area contributed by atoms with Crippen molar-refractivity contribution >= 4 is 43.9 Å². The van der Waals surface area contributed by atoms with Gasteiger partial charge in [0, 0.05) is 56.2 Å². The van der Waals surface area contributed by atoms with Crippen molar-refractivity contribution < 1.29 is 8.83 Å². The molecule has 0 fully saturated rings. The van der Waals surface area contributed by atoms with Crippen LogP contribution in [0, 0.1) is 0 Å². The lowest BCUT2D eigenvalue weighted by Crippen LogP contribution is -1.96. The van der Waals surface area contributed by atoms with E-state index >= 15 is 0 Å². The molecule has 0 aliphatic carbocycles. The topological polar surface area (TPSA) is 65.0 Å². The highest BCUT2D eigenvalue weighted by molar-refractivity contribution is 6.20. The van der Waals surface area contributed by atoms with E-state index in [0.29, 0.717) is 5.82 Å². The molecule has 6 aromatic carbocycles. The van der Waals surface area contributed by atoms with Gasteiger partial charge < -0.3 is 8.83 Å². The number of nitrogens with zero attached hydrogens (tertiary/aromatic N) is 3. The largest absolute Gasteiger partial charge is 0.456 e. The first kappa shape index (κ1) is 28.2. The van der Waals surface area contributed by atoms with Gasteiger partial charge in [-0.1, -0.05) is 103 Å². The minimum Gasteiger partial charge on any atom is -0.456 e. The molecule has 5 nitrogen and oxygen atoms in total. The second-order valence-electron chi connectivity index (χ2n) is 12.4. The SMILES string of the molecule is c1ccc(-c2nc(-c3cccc(-c4ccncc4)c3)cc(-c3ccc(-c4cccc5oc6ccccc6c45)c4oc5ccccc5c34)n2)cc1. The Morgan fingerprint density at radius 1 is 0.380 bits per heavy atom. The van der Waals surface area contributed by atoms with Crippen molar-refractivity contribution in [2.24, 2.45) is 0 Å². The molecule has 0 N–H and O–H groups in total. The minimum atomic E-state index is 0.659. The molecule has 0 spiro atoms. The van der Waals surface area contributed by atoms with E-state index in [4.69, 9.17) is 18.8 Å². The van der Waals surface area contributed by atoms with Crippen LogP contribution in [-0.4, -0.2) is 15.0 Å². The molecule has 0 bridgehead atoms. The molecule has 0 amide bonds. The van der Waals surface area contributed by atoms with Crippen molar-refractivity contribution in [1.82, 2.24) is 15.0 Å². The molecule has 4 heterocycles. The monoisotopic (exact) mass is 641 g/mol. The highest BCUT2D eigenvalue weighted by Gasteiger charge is 2.22. The van der Waals surface area contributed by atoms with Crippen molar-refractivity contribution in [2.45, 2.75) is 0 Å². The van der Waals surface area contributed by atoms with E-state index in [0.717, 1.165) is 94.2 Å². The van der Waals surface area contributed by atoms with Gasteiger partial charge in [-0.3, -0.25) is 4.98 Å². The lowest BCUT2D eigenvalue weighted by molar-refractivity contribution is 0.668. The zero-order chi connectivity index (χ0) is 33.0. The molecule has 0 unspecified atom stereocenters. The Hall–Kier alpha value is -6.85. The zero-order valence-electron chi connectivity index (χ0n) is 26.7. The van der Waals surface area contributed by atoms with E-state index in [1.807, 2.05) is 79.1 Å². The summed E-state index contributed by atoms with van der Waals surface area (Å²) in [6, 6.07) is 51.8. The molecule has 10 aromatic rings. The second-order valence-corrected chi connectivity index (χ2v) is 12.4. The number of pyridine rings is 1. The maximum absolute atomic E-state index is 6.75. The average molecular weight is 642 g/mol. The molecule has 0 aliphatic heterocycles. The van der Waals surface area contributed by atoms with Gasteiger partial charge in [-0.25, -0.2) is 9.97 Å². The van der Waals surface area contributed by atoms with Crippen molar-refractivity contribution in [2.75, 3.05) is 0 Å². The number of fused-ring (bicyclic) bond motifs is 6. The van der Waals surface area contributed by atoms with Crippen LogP contribution in [0.3, 0.4) is 0 Å². The number of aromatic nitrogens is 3. The van der Waals surface area contributed by atoms with Crippen molar-refractivity contribution in [3.8, 4) is 56.2 Å². The first-order chi connectivity index (χ1) is 24.8. The average Bonchev–Trinajstić information content (AvgIpc) is 3.77. The third-order valence-electron chi connectivity index (χ3n) is 9.42. The number of rotatable bonds is 5. The summed E-state index contributed by atoms with van der Waals surface area (Å²) < 4.78 is 13.0. The predicted molar refractivity (Wildman–Crippen MR) is 202 cm³/mol. The number of hydrogen-bond donors (Lipinski definition) is 0. The van der Waals surface area contributed by atoms with Gasteiger partial charge in [0.1, 0.15) is 22.3 Å². The fourth-order valence-electron chi connectivity index (χ4n) is 7.10. The van der Waals surface area contributed by atoms with Gasteiger partial charge in [0.05, 0.1) is 11.4 Å². The van der Waals surface area contributed by atoms with Crippen LogP contribution in [0.2, 0.25) is 0 Å². The Morgan fingerprint density at radius 3 is 1.86 bits per heavy atom. The maximum atomic E-state index is 6.75. The Labute approximate surface area is 287 Å². The summed E-state index contributed by atoms with van der Waals surface area (Å²) in [5, 5.41) is 4.19. The molecule has 10 rings (SSSR count). The highest BCUT2D eigenvalue weighted by Crippen LogP contribution is 2.45. The molecule has 4 aromatic heterocycles. The number of hydrogen-bond acceptors (Lipinski definition) is 5. The molecular weight excluding hydrogens is 615 g/mol. The summed E-state index contributed by atoms with van der Waals surface area (Å²) in [7, 11) is 0. The van der Waals surface area contributed by atoms with Crippen LogP contribution in [0.15, 0.2) is 173 Å². The van der Waals surface area contributed by atoms with E-state index in [2.05, 4.69) is 89.9 Å². The van der Waals surface area contributed by atoms with E-state index in [1.54, 1.807) is 0 Å². The smallest absolute Gasteiger partial charge is 0.160 e.